The Kier molecular flexibility index (Phi) is 7.47. The molecule has 3 heterocycles. The van der Waals surface area contributed by atoms with Crippen LogP contribution in [0.5, 0.6) is 0 Å². The third-order valence-electron chi connectivity index (χ3n) is 7.40. The molecule has 4 rings (SSSR count). The highest BCUT2D eigenvalue weighted by Gasteiger charge is 2.37. The molecular weight excluding hydrogens is 454 g/mol. The number of ether oxygens (including phenoxy) is 1. The lowest BCUT2D eigenvalue weighted by Gasteiger charge is -2.41. The molecule has 1 atom stereocenters. The molecule has 0 bridgehead atoms. The Balaban J connectivity index is 1.98. The first-order valence-electron chi connectivity index (χ1n) is 13.0. The van der Waals surface area contributed by atoms with E-state index in [1.54, 1.807) is 0 Å². The number of fused-ring (bicyclic) bond motifs is 1. The minimum Gasteiger partial charge on any atom is -0.479 e. The molecule has 0 amide bonds. The number of carboxylic acid groups (broad SMARTS) is 1. The lowest BCUT2D eigenvalue weighted by molar-refractivity contribution is -0.160. The lowest BCUT2D eigenvalue weighted by Crippen LogP contribution is -2.39. The van der Waals surface area contributed by atoms with Crippen LogP contribution in [0.4, 0.5) is 5.69 Å². The number of hydrogen-bond acceptors (Lipinski definition) is 6. The third-order valence-corrected chi connectivity index (χ3v) is 7.40. The zero-order valence-corrected chi connectivity index (χ0v) is 22.6. The molecule has 0 spiro atoms. The Bertz CT molecular complexity index is 1130. The van der Waals surface area contributed by atoms with E-state index in [-0.39, 0.29) is 12.0 Å². The number of anilines is 1. The van der Waals surface area contributed by atoms with Gasteiger partial charge in [-0.15, -0.1) is 0 Å². The summed E-state index contributed by atoms with van der Waals surface area (Å²) in [7, 11) is 0. The molecule has 2 aromatic rings. The predicted molar refractivity (Wildman–Crippen MR) is 142 cm³/mol. The first kappa shape index (κ1) is 26.6. The van der Waals surface area contributed by atoms with E-state index in [0.29, 0.717) is 17.0 Å². The summed E-state index contributed by atoms with van der Waals surface area (Å²) in [6.45, 7) is 15.2. The molecule has 1 aromatic carbocycles. The van der Waals surface area contributed by atoms with Gasteiger partial charge in [-0.2, -0.15) is 0 Å². The number of nitrogens with zero attached hydrogens (tertiary/aromatic N) is 2. The van der Waals surface area contributed by atoms with Gasteiger partial charge in [0.25, 0.3) is 0 Å². The molecule has 2 aliphatic heterocycles. The van der Waals surface area contributed by atoms with Crippen molar-refractivity contribution in [3.05, 3.63) is 46.3 Å². The Morgan fingerprint density at radius 3 is 2.53 bits per heavy atom. The fraction of sp³-hybridized carbons (Fsp3) is 0.586. The van der Waals surface area contributed by atoms with Crippen LogP contribution in [0.3, 0.4) is 0 Å². The van der Waals surface area contributed by atoms with Crippen molar-refractivity contribution in [3.8, 4) is 11.1 Å². The number of pyridine rings is 1. The van der Waals surface area contributed by atoms with Crippen molar-refractivity contribution in [2.75, 3.05) is 24.5 Å². The van der Waals surface area contributed by atoms with Crippen molar-refractivity contribution in [1.82, 2.24) is 10.3 Å². The normalized spacial score (nSPS) is 18.6. The van der Waals surface area contributed by atoms with Gasteiger partial charge >= 0.3 is 5.97 Å². The maximum atomic E-state index is 12.6. The number of carboxylic acids is 1. The second kappa shape index (κ2) is 10.1. The number of hydrogen-bond donors (Lipinski definition) is 3. The maximum Gasteiger partial charge on any atom is 0.337 e. The molecule has 0 radical (unpaired) electrons. The van der Waals surface area contributed by atoms with Crippen LogP contribution < -0.4 is 10.2 Å². The Morgan fingerprint density at radius 1 is 1.22 bits per heavy atom. The quantitative estimate of drug-likeness (QED) is 0.532. The summed E-state index contributed by atoms with van der Waals surface area (Å²) < 4.78 is 6.16. The Labute approximate surface area is 214 Å². The summed E-state index contributed by atoms with van der Waals surface area (Å²) in [6.07, 6.45) is 1.75. The molecule has 1 unspecified atom stereocenters. The smallest absolute Gasteiger partial charge is 0.337 e. The van der Waals surface area contributed by atoms with E-state index in [9.17, 15) is 15.0 Å². The summed E-state index contributed by atoms with van der Waals surface area (Å²) in [4.78, 5) is 19.7. The average molecular weight is 496 g/mol. The topological polar surface area (TPSA) is 94.9 Å². The monoisotopic (exact) mass is 495 g/mol. The number of carbonyl (C=O) groups is 1. The highest BCUT2D eigenvalue weighted by Crippen LogP contribution is 2.45. The van der Waals surface area contributed by atoms with Crippen LogP contribution in [0.1, 0.15) is 81.6 Å². The van der Waals surface area contributed by atoms with Gasteiger partial charge in [0.2, 0.25) is 0 Å². The molecule has 36 heavy (non-hydrogen) atoms. The highest BCUT2D eigenvalue weighted by atomic mass is 16.5. The molecule has 0 saturated carbocycles. The van der Waals surface area contributed by atoms with Crippen molar-refractivity contribution in [1.29, 1.82) is 0 Å². The van der Waals surface area contributed by atoms with E-state index in [2.05, 4.69) is 42.3 Å². The number of aliphatic hydroxyl groups is 1. The number of nitrogens with one attached hydrogen (secondary N) is 1. The summed E-state index contributed by atoms with van der Waals surface area (Å²) in [5, 5.41) is 24.2. The van der Waals surface area contributed by atoms with Crippen LogP contribution in [0.15, 0.2) is 18.2 Å². The SMILES string of the molecule is Cc1nc(CO)c(-c2ccc3c(c2)CCNC3)c(N2CCC(C)(C)CC2)c1C(OC(C)(C)C)C(=O)O. The van der Waals surface area contributed by atoms with Crippen LogP contribution in [0.2, 0.25) is 0 Å². The fourth-order valence-electron chi connectivity index (χ4n) is 5.38. The van der Waals surface area contributed by atoms with E-state index >= 15 is 0 Å². The third kappa shape index (κ3) is 5.58. The second-order valence-electron chi connectivity index (χ2n) is 11.9. The van der Waals surface area contributed by atoms with Crippen LogP contribution in [0.25, 0.3) is 11.1 Å². The van der Waals surface area contributed by atoms with E-state index in [1.165, 1.54) is 11.1 Å². The minimum absolute atomic E-state index is 0.223. The van der Waals surface area contributed by atoms with Crippen molar-refractivity contribution in [2.24, 2.45) is 5.41 Å². The number of aliphatic hydroxyl groups excluding tert-OH is 1. The van der Waals surface area contributed by atoms with Gasteiger partial charge in [0, 0.05) is 36.5 Å². The fourth-order valence-corrected chi connectivity index (χ4v) is 5.38. The van der Waals surface area contributed by atoms with E-state index in [1.807, 2.05) is 27.7 Å². The van der Waals surface area contributed by atoms with Crippen LogP contribution in [0, 0.1) is 12.3 Å². The van der Waals surface area contributed by atoms with Crippen LogP contribution >= 0.6 is 0 Å². The minimum atomic E-state index is -1.17. The van der Waals surface area contributed by atoms with Gasteiger partial charge in [-0.3, -0.25) is 4.98 Å². The number of rotatable bonds is 6. The maximum absolute atomic E-state index is 12.6. The average Bonchev–Trinajstić information content (AvgIpc) is 2.81. The zero-order valence-electron chi connectivity index (χ0n) is 22.6. The molecule has 1 saturated heterocycles. The Morgan fingerprint density at radius 2 is 1.92 bits per heavy atom. The molecule has 1 fully saturated rings. The molecule has 7 heteroatoms. The first-order valence-corrected chi connectivity index (χ1v) is 13.0. The molecule has 1 aromatic heterocycles. The second-order valence-corrected chi connectivity index (χ2v) is 11.9. The van der Waals surface area contributed by atoms with Crippen molar-refractivity contribution in [3.63, 3.8) is 0 Å². The molecule has 3 N–H and O–H groups in total. The van der Waals surface area contributed by atoms with Crippen molar-refractivity contribution < 1.29 is 19.7 Å². The zero-order chi connectivity index (χ0) is 26.3. The summed E-state index contributed by atoms with van der Waals surface area (Å²) in [5.41, 5.74) is 6.50. The number of benzene rings is 1. The molecule has 2 aliphatic rings. The van der Waals surface area contributed by atoms with Crippen LogP contribution in [-0.4, -0.2) is 46.4 Å². The number of aliphatic carboxylic acids is 1. The largest absolute Gasteiger partial charge is 0.479 e. The van der Waals surface area contributed by atoms with Crippen molar-refractivity contribution >= 4 is 11.7 Å². The van der Waals surface area contributed by atoms with Gasteiger partial charge in [0.1, 0.15) is 0 Å². The number of piperidine rings is 1. The van der Waals surface area contributed by atoms with Gasteiger partial charge in [-0.1, -0.05) is 32.0 Å². The molecular formula is C29H41N3O4. The van der Waals surface area contributed by atoms with Crippen LogP contribution in [-0.2, 0) is 29.1 Å². The lowest BCUT2D eigenvalue weighted by atomic mass is 9.81. The summed E-state index contributed by atoms with van der Waals surface area (Å²) in [6, 6.07) is 6.42. The van der Waals surface area contributed by atoms with E-state index in [4.69, 9.17) is 9.72 Å². The molecule has 0 aliphatic carbocycles. The number of aryl methyl sites for hydroxylation is 1. The van der Waals surface area contributed by atoms with Gasteiger partial charge in [0.05, 0.1) is 23.6 Å². The summed E-state index contributed by atoms with van der Waals surface area (Å²) >= 11 is 0. The number of aromatic nitrogens is 1. The van der Waals surface area contributed by atoms with E-state index < -0.39 is 17.7 Å². The highest BCUT2D eigenvalue weighted by molar-refractivity contribution is 5.88. The van der Waals surface area contributed by atoms with Crippen molar-refractivity contribution in [2.45, 2.75) is 85.7 Å². The van der Waals surface area contributed by atoms with Gasteiger partial charge in [-0.05, 0) is 75.6 Å². The Hall–Kier alpha value is -2.48. The van der Waals surface area contributed by atoms with Gasteiger partial charge < -0.3 is 25.2 Å². The van der Waals surface area contributed by atoms with Gasteiger partial charge in [0.15, 0.2) is 6.10 Å². The summed E-state index contributed by atoms with van der Waals surface area (Å²) in [5.74, 6) is -1.03. The molecule has 196 valence electrons. The molecule has 7 nitrogen and oxygen atoms in total. The predicted octanol–water partition coefficient (Wildman–Crippen LogP) is 4.76. The van der Waals surface area contributed by atoms with E-state index in [0.717, 1.165) is 62.3 Å². The first-order chi connectivity index (χ1) is 16.9. The van der Waals surface area contributed by atoms with Gasteiger partial charge in [-0.25, -0.2) is 4.79 Å². The standard InChI is InChI=1S/C29H41N3O4/c1-18-23(26(27(34)35)36-28(2,3)4)25(32-13-10-29(5,6)11-14-32)24(22(17-33)31-18)20-7-8-21-16-30-12-9-19(21)15-20/h7-8,15,26,30,33H,9-14,16-17H2,1-6H3,(H,34,35).